The van der Waals surface area contributed by atoms with Gasteiger partial charge in [0.05, 0.1) is 0 Å². The van der Waals surface area contributed by atoms with Crippen LogP contribution in [0.2, 0.25) is 0 Å². The van der Waals surface area contributed by atoms with Gasteiger partial charge in [-0.25, -0.2) is 0 Å². The Morgan fingerprint density at radius 3 is 2.38 bits per heavy atom. The maximum absolute atomic E-state index is 5.75. The van der Waals surface area contributed by atoms with E-state index in [1.54, 1.807) is 0 Å². The average molecular weight is 221 g/mol. The summed E-state index contributed by atoms with van der Waals surface area (Å²) in [5.74, 6) is 1.17. The first-order valence-corrected chi connectivity index (χ1v) is 5.98. The highest BCUT2D eigenvalue weighted by Crippen LogP contribution is 2.13. The number of nitrogens with one attached hydrogen (secondary N) is 1. The van der Waals surface area contributed by atoms with Crippen molar-refractivity contribution in [1.82, 2.24) is 10.3 Å². The topological polar surface area (TPSA) is 50.9 Å². The van der Waals surface area contributed by atoms with Gasteiger partial charge in [0.2, 0.25) is 0 Å². The minimum atomic E-state index is 0.357. The zero-order chi connectivity index (χ0) is 12.0. The Bertz CT molecular complexity index is 284. The molecule has 3 heteroatoms. The fourth-order valence-electron chi connectivity index (χ4n) is 1.69. The van der Waals surface area contributed by atoms with Crippen molar-refractivity contribution in [3.05, 3.63) is 30.1 Å². The average Bonchev–Trinajstić information content (AvgIpc) is 2.30. The quantitative estimate of drug-likeness (QED) is 0.772. The Kier molecular flexibility index (Phi) is 5.43. The van der Waals surface area contributed by atoms with Gasteiger partial charge in [-0.15, -0.1) is 0 Å². The predicted octanol–water partition coefficient (Wildman–Crippen LogP) is 1.96. The molecule has 0 aliphatic rings. The molecule has 0 saturated carbocycles. The van der Waals surface area contributed by atoms with Gasteiger partial charge in [-0.05, 0) is 49.5 Å². The van der Waals surface area contributed by atoms with Crippen LogP contribution in [0, 0.1) is 11.8 Å². The van der Waals surface area contributed by atoms with E-state index in [4.69, 9.17) is 5.73 Å². The van der Waals surface area contributed by atoms with Gasteiger partial charge >= 0.3 is 0 Å². The molecule has 1 heterocycles. The van der Waals surface area contributed by atoms with Gasteiger partial charge in [0.25, 0.3) is 0 Å². The van der Waals surface area contributed by atoms with Crippen LogP contribution < -0.4 is 11.1 Å². The first kappa shape index (κ1) is 13.1. The van der Waals surface area contributed by atoms with E-state index >= 15 is 0 Å². The lowest BCUT2D eigenvalue weighted by atomic mass is 9.95. The highest BCUT2D eigenvalue weighted by molar-refractivity contribution is 5.13. The molecular weight excluding hydrogens is 198 g/mol. The minimum absolute atomic E-state index is 0.357. The van der Waals surface area contributed by atoms with E-state index in [1.807, 2.05) is 24.5 Å². The monoisotopic (exact) mass is 221 g/mol. The molecule has 0 aliphatic carbocycles. The molecule has 1 unspecified atom stereocenters. The molecule has 0 aliphatic heterocycles. The first-order chi connectivity index (χ1) is 7.65. The normalized spacial score (nSPS) is 15.1. The van der Waals surface area contributed by atoms with E-state index in [9.17, 15) is 0 Å². The second-order valence-electron chi connectivity index (χ2n) is 4.65. The Morgan fingerprint density at radius 2 is 1.88 bits per heavy atom. The summed E-state index contributed by atoms with van der Waals surface area (Å²) < 4.78 is 0. The second kappa shape index (κ2) is 6.61. The molecule has 1 rings (SSSR count). The highest BCUT2D eigenvalue weighted by atomic mass is 14.9. The summed E-state index contributed by atoms with van der Waals surface area (Å²) in [4.78, 5) is 4.02. The Labute approximate surface area is 98.5 Å². The van der Waals surface area contributed by atoms with Crippen LogP contribution in [0.15, 0.2) is 24.5 Å². The van der Waals surface area contributed by atoms with Crippen molar-refractivity contribution in [3.8, 4) is 0 Å². The van der Waals surface area contributed by atoms with E-state index in [0.29, 0.717) is 17.9 Å². The van der Waals surface area contributed by atoms with Crippen molar-refractivity contribution in [1.29, 1.82) is 0 Å². The lowest BCUT2D eigenvalue weighted by Gasteiger charge is -2.22. The predicted molar refractivity (Wildman–Crippen MR) is 68.0 cm³/mol. The first-order valence-electron chi connectivity index (χ1n) is 5.98. The summed E-state index contributed by atoms with van der Waals surface area (Å²) in [5, 5.41) is 3.52. The van der Waals surface area contributed by atoms with E-state index in [0.717, 1.165) is 13.1 Å². The molecule has 90 valence electrons. The van der Waals surface area contributed by atoms with Gasteiger partial charge in [-0.2, -0.15) is 0 Å². The summed E-state index contributed by atoms with van der Waals surface area (Å²) in [6, 6.07) is 4.45. The molecule has 3 nitrogen and oxygen atoms in total. The number of nitrogens with zero attached hydrogens (tertiary/aromatic N) is 1. The SMILES string of the molecule is CC(C)C(CN)CN[C@@H](C)c1ccncc1. The van der Waals surface area contributed by atoms with Crippen LogP contribution in [0.5, 0.6) is 0 Å². The Hall–Kier alpha value is -0.930. The molecule has 3 N–H and O–H groups in total. The van der Waals surface area contributed by atoms with Crippen LogP contribution in [0.3, 0.4) is 0 Å². The number of hydrogen-bond donors (Lipinski definition) is 2. The molecule has 0 radical (unpaired) electrons. The van der Waals surface area contributed by atoms with Gasteiger partial charge in [-0.1, -0.05) is 13.8 Å². The second-order valence-corrected chi connectivity index (χ2v) is 4.65. The standard InChI is InChI=1S/C13H23N3/c1-10(2)13(8-14)9-16-11(3)12-4-6-15-7-5-12/h4-7,10-11,13,16H,8-9,14H2,1-3H3/t11-,13?/m0/s1. The summed E-state index contributed by atoms with van der Waals surface area (Å²) in [5.41, 5.74) is 7.02. The van der Waals surface area contributed by atoms with Crippen molar-refractivity contribution in [2.75, 3.05) is 13.1 Å². The van der Waals surface area contributed by atoms with E-state index in [-0.39, 0.29) is 0 Å². The fraction of sp³-hybridized carbons (Fsp3) is 0.615. The molecular formula is C13H23N3. The third-order valence-corrected chi connectivity index (χ3v) is 3.14. The van der Waals surface area contributed by atoms with Crippen molar-refractivity contribution in [3.63, 3.8) is 0 Å². The Morgan fingerprint density at radius 1 is 1.25 bits per heavy atom. The molecule has 0 amide bonds. The molecule has 0 saturated heterocycles. The Balaban J connectivity index is 2.43. The minimum Gasteiger partial charge on any atom is -0.330 e. The molecule has 2 atom stereocenters. The molecule has 16 heavy (non-hydrogen) atoms. The molecule has 0 spiro atoms. The number of nitrogens with two attached hydrogens (primary N) is 1. The fourth-order valence-corrected chi connectivity index (χ4v) is 1.69. The maximum Gasteiger partial charge on any atom is 0.0293 e. The van der Waals surface area contributed by atoms with Gasteiger partial charge < -0.3 is 11.1 Å². The van der Waals surface area contributed by atoms with Gasteiger partial charge in [0.15, 0.2) is 0 Å². The molecule has 1 aromatic heterocycles. The third kappa shape index (κ3) is 3.91. The van der Waals surface area contributed by atoms with Crippen LogP contribution in [0.4, 0.5) is 0 Å². The summed E-state index contributed by atoms with van der Waals surface area (Å²) in [6.07, 6.45) is 3.66. The third-order valence-electron chi connectivity index (χ3n) is 3.14. The van der Waals surface area contributed by atoms with Crippen LogP contribution in [-0.2, 0) is 0 Å². The van der Waals surface area contributed by atoms with Crippen LogP contribution in [-0.4, -0.2) is 18.1 Å². The lowest BCUT2D eigenvalue weighted by molar-refractivity contribution is 0.356. The summed E-state index contributed by atoms with van der Waals surface area (Å²) in [6.45, 7) is 8.32. The number of hydrogen-bond acceptors (Lipinski definition) is 3. The largest absolute Gasteiger partial charge is 0.330 e. The van der Waals surface area contributed by atoms with Crippen LogP contribution in [0.1, 0.15) is 32.4 Å². The maximum atomic E-state index is 5.75. The van der Waals surface area contributed by atoms with E-state index in [2.05, 4.69) is 31.1 Å². The molecule has 0 fully saturated rings. The summed E-state index contributed by atoms with van der Waals surface area (Å²) >= 11 is 0. The van der Waals surface area contributed by atoms with E-state index in [1.165, 1.54) is 5.56 Å². The number of aromatic nitrogens is 1. The van der Waals surface area contributed by atoms with E-state index < -0.39 is 0 Å². The van der Waals surface area contributed by atoms with Crippen molar-refractivity contribution >= 4 is 0 Å². The zero-order valence-electron chi connectivity index (χ0n) is 10.5. The van der Waals surface area contributed by atoms with Gasteiger partial charge in [-0.3, -0.25) is 4.98 Å². The van der Waals surface area contributed by atoms with Crippen LogP contribution >= 0.6 is 0 Å². The summed E-state index contributed by atoms with van der Waals surface area (Å²) in [7, 11) is 0. The lowest BCUT2D eigenvalue weighted by Crippen LogP contribution is -2.33. The highest BCUT2D eigenvalue weighted by Gasteiger charge is 2.12. The van der Waals surface area contributed by atoms with Crippen molar-refractivity contribution in [2.24, 2.45) is 17.6 Å². The van der Waals surface area contributed by atoms with Crippen molar-refractivity contribution in [2.45, 2.75) is 26.8 Å². The van der Waals surface area contributed by atoms with Gasteiger partial charge in [0, 0.05) is 18.4 Å². The van der Waals surface area contributed by atoms with Crippen molar-refractivity contribution < 1.29 is 0 Å². The zero-order valence-corrected chi connectivity index (χ0v) is 10.5. The molecule has 0 aromatic carbocycles. The smallest absolute Gasteiger partial charge is 0.0293 e. The van der Waals surface area contributed by atoms with Crippen LogP contribution in [0.25, 0.3) is 0 Å². The molecule has 0 bridgehead atoms. The number of pyridine rings is 1. The molecule has 1 aromatic rings. The van der Waals surface area contributed by atoms with Gasteiger partial charge in [0.1, 0.15) is 0 Å². The number of rotatable bonds is 6.